The minimum Gasteiger partial charge on any atom is -0.388 e. The molecule has 0 aliphatic heterocycles. The fourth-order valence-electron chi connectivity index (χ4n) is 2.24. The number of hydrogen-bond acceptors (Lipinski definition) is 3. The molecule has 3 rings (SSSR count). The van der Waals surface area contributed by atoms with Crippen molar-refractivity contribution in [3.05, 3.63) is 72.2 Å². The van der Waals surface area contributed by atoms with Crippen LogP contribution in [0.1, 0.15) is 17.2 Å². The molecule has 0 bridgehead atoms. The van der Waals surface area contributed by atoms with E-state index in [-0.39, 0.29) is 0 Å². The Morgan fingerprint density at radius 3 is 2.55 bits per heavy atom. The lowest BCUT2D eigenvalue weighted by molar-refractivity contribution is 0.179. The summed E-state index contributed by atoms with van der Waals surface area (Å²) in [5, 5.41) is 17.5. The molecule has 0 radical (unpaired) electrons. The third-order valence-electron chi connectivity index (χ3n) is 3.27. The summed E-state index contributed by atoms with van der Waals surface area (Å²) in [7, 11) is 0. The summed E-state index contributed by atoms with van der Waals surface area (Å²) in [5.41, 5.74) is 3.75. The Labute approximate surface area is 117 Å². The number of aliphatic hydroxyl groups excluding tert-OH is 1. The fraction of sp³-hybridized carbons (Fsp3) is 0.125. The summed E-state index contributed by atoms with van der Waals surface area (Å²) < 4.78 is 0. The van der Waals surface area contributed by atoms with Crippen molar-refractivity contribution in [2.24, 2.45) is 0 Å². The van der Waals surface area contributed by atoms with Crippen molar-refractivity contribution in [1.29, 1.82) is 0 Å². The zero-order valence-corrected chi connectivity index (χ0v) is 10.9. The number of nitrogens with zero attached hydrogens (tertiary/aromatic N) is 2. The Bertz CT molecular complexity index is 664. The molecule has 2 N–H and O–H groups in total. The Morgan fingerprint density at radius 1 is 1.05 bits per heavy atom. The molecule has 0 aliphatic rings. The van der Waals surface area contributed by atoms with Gasteiger partial charge >= 0.3 is 0 Å². The molecule has 1 aromatic carbocycles. The molecule has 2 heterocycles. The minimum absolute atomic E-state index is 0.544. The summed E-state index contributed by atoms with van der Waals surface area (Å²) in [4.78, 5) is 3.98. The second-order valence-corrected chi connectivity index (χ2v) is 4.64. The van der Waals surface area contributed by atoms with Gasteiger partial charge in [-0.05, 0) is 23.3 Å². The van der Waals surface area contributed by atoms with Gasteiger partial charge in [0.1, 0.15) is 0 Å². The van der Waals surface area contributed by atoms with Gasteiger partial charge in [0.05, 0.1) is 18.0 Å². The van der Waals surface area contributed by atoms with E-state index in [9.17, 15) is 5.11 Å². The highest BCUT2D eigenvalue weighted by atomic mass is 16.3. The zero-order chi connectivity index (χ0) is 13.8. The van der Waals surface area contributed by atoms with Crippen LogP contribution in [0.15, 0.2) is 61.1 Å². The SMILES string of the molecule is OC(Cc1ccncc1)c1cn[nH]c1-c1ccccc1. The minimum atomic E-state index is -0.591. The van der Waals surface area contributed by atoms with Crippen LogP contribution in [-0.4, -0.2) is 20.3 Å². The smallest absolute Gasteiger partial charge is 0.0867 e. The summed E-state index contributed by atoms with van der Waals surface area (Å²) >= 11 is 0. The highest BCUT2D eigenvalue weighted by molar-refractivity contribution is 5.62. The average molecular weight is 265 g/mol. The molecule has 1 atom stereocenters. The molecule has 1 unspecified atom stereocenters. The maximum atomic E-state index is 10.4. The fourth-order valence-corrected chi connectivity index (χ4v) is 2.24. The Balaban J connectivity index is 1.86. The molecule has 0 amide bonds. The number of aromatic amines is 1. The van der Waals surface area contributed by atoms with E-state index in [1.165, 1.54) is 0 Å². The molecule has 0 fully saturated rings. The van der Waals surface area contributed by atoms with Crippen LogP contribution < -0.4 is 0 Å². The number of nitrogens with one attached hydrogen (secondary N) is 1. The van der Waals surface area contributed by atoms with Crippen molar-refractivity contribution in [2.75, 3.05) is 0 Å². The van der Waals surface area contributed by atoms with E-state index in [0.717, 1.165) is 22.4 Å². The lowest BCUT2D eigenvalue weighted by Gasteiger charge is -2.11. The van der Waals surface area contributed by atoms with E-state index < -0.39 is 6.10 Å². The number of benzene rings is 1. The van der Waals surface area contributed by atoms with Gasteiger partial charge < -0.3 is 5.11 Å². The van der Waals surface area contributed by atoms with Gasteiger partial charge in [-0.3, -0.25) is 10.1 Å². The molecular formula is C16H15N3O. The molecule has 100 valence electrons. The summed E-state index contributed by atoms with van der Waals surface area (Å²) in [5.74, 6) is 0. The first-order chi connectivity index (χ1) is 9.84. The molecule has 4 heteroatoms. The van der Waals surface area contributed by atoms with Gasteiger partial charge in [0, 0.05) is 24.4 Å². The van der Waals surface area contributed by atoms with Crippen molar-refractivity contribution in [3.63, 3.8) is 0 Å². The number of pyridine rings is 1. The first-order valence-electron chi connectivity index (χ1n) is 6.50. The van der Waals surface area contributed by atoms with Gasteiger partial charge in [0.2, 0.25) is 0 Å². The largest absolute Gasteiger partial charge is 0.388 e. The number of rotatable bonds is 4. The molecule has 0 spiro atoms. The van der Waals surface area contributed by atoms with Gasteiger partial charge in [-0.15, -0.1) is 0 Å². The maximum absolute atomic E-state index is 10.4. The highest BCUT2D eigenvalue weighted by Crippen LogP contribution is 2.27. The van der Waals surface area contributed by atoms with Gasteiger partial charge in [-0.25, -0.2) is 0 Å². The predicted octanol–water partition coefficient (Wildman–Crippen LogP) is 2.75. The van der Waals surface area contributed by atoms with Crippen molar-refractivity contribution >= 4 is 0 Å². The van der Waals surface area contributed by atoms with Crippen LogP contribution in [0.2, 0.25) is 0 Å². The van der Waals surface area contributed by atoms with Crippen molar-refractivity contribution in [2.45, 2.75) is 12.5 Å². The topological polar surface area (TPSA) is 61.8 Å². The zero-order valence-electron chi connectivity index (χ0n) is 10.9. The monoisotopic (exact) mass is 265 g/mol. The van der Waals surface area contributed by atoms with E-state index >= 15 is 0 Å². The van der Waals surface area contributed by atoms with E-state index in [4.69, 9.17) is 0 Å². The van der Waals surface area contributed by atoms with Gasteiger partial charge in [0.15, 0.2) is 0 Å². The van der Waals surface area contributed by atoms with Crippen LogP contribution in [0.3, 0.4) is 0 Å². The molecule has 3 aromatic rings. The van der Waals surface area contributed by atoms with E-state index in [1.807, 2.05) is 42.5 Å². The van der Waals surface area contributed by atoms with Crippen molar-refractivity contribution < 1.29 is 5.11 Å². The number of H-pyrrole nitrogens is 1. The average Bonchev–Trinajstić information content (AvgIpc) is 2.99. The quantitative estimate of drug-likeness (QED) is 0.762. The number of aromatic nitrogens is 3. The van der Waals surface area contributed by atoms with E-state index in [0.29, 0.717) is 6.42 Å². The Hall–Kier alpha value is -2.46. The van der Waals surface area contributed by atoms with Crippen molar-refractivity contribution in [1.82, 2.24) is 15.2 Å². The maximum Gasteiger partial charge on any atom is 0.0867 e. The molecule has 2 aromatic heterocycles. The molecular weight excluding hydrogens is 250 g/mol. The third kappa shape index (κ3) is 2.60. The summed E-state index contributed by atoms with van der Waals surface area (Å²) in [6.45, 7) is 0. The first kappa shape index (κ1) is 12.6. The second kappa shape index (κ2) is 5.67. The van der Waals surface area contributed by atoms with Crippen LogP contribution in [0.25, 0.3) is 11.3 Å². The Kier molecular flexibility index (Phi) is 3.56. The normalized spacial score (nSPS) is 12.2. The number of hydrogen-bond donors (Lipinski definition) is 2. The highest BCUT2D eigenvalue weighted by Gasteiger charge is 2.16. The van der Waals surface area contributed by atoms with E-state index in [1.54, 1.807) is 18.6 Å². The van der Waals surface area contributed by atoms with Crippen LogP contribution in [0.5, 0.6) is 0 Å². The summed E-state index contributed by atoms with van der Waals surface area (Å²) in [6, 6.07) is 13.7. The van der Waals surface area contributed by atoms with Gasteiger partial charge in [-0.2, -0.15) is 5.10 Å². The molecule has 0 aliphatic carbocycles. The molecule has 0 saturated heterocycles. The number of aliphatic hydroxyl groups is 1. The lowest BCUT2D eigenvalue weighted by atomic mass is 9.99. The molecule has 0 saturated carbocycles. The van der Waals surface area contributed by atoms with Crippen LogP contribution in [0.4, 0.5) is 0 Å². The third-order valence-corrected chi connectivity index (χ3v) is 3.27. The van der Waals surface area contributed by atoms with Crippen LogP contribution in [-0.2, 0) is 6.42 Å². The van der Waals surface area contributed by atoms with Gasteiger partial charge in [-0.1, -0.05) is 30.3 Å². The van der Waals surface area contributed by atoms with Crippen molar-refractivity contribution in [3.8, 4) is 11.3 Å². The van der Waals surface area contributed by atoms with Crippen LogP contribution in [0, 0.1) is 0 Å². The summed E-state index contributed by atoms with van der Waals surface area (Å²) in [6.07, 6.45) is 5.10. The molecule has 4 nitrogen and oxygen atoms in total. The Morgan fingerprint density at radius 2 is 1.80 bits per heavy atom. The standard InChI is InChI=1S/C16H15N3O/c20-15(10-12-6-8-17-9-7-12)14-11-18-19-16(14)13-4-2-1-3-5-13/h1-9,11,15,20H,10H2,(H,18,19). The van der Waals surface area contributed by atoms with Gasteiger partial charge in [0.25, 0.3) is 0 Å². The lowest BCUT2D eigenvalue weighted by Crippen LogP contribution is -2.02. The van der Waals surface area contributed by atoms with E-state index in [2.05, 4.69) is 15.2 Å². The predicted molar refractivity (Wildman–Crippen MR) is 76.9 cm³/mol. The van der Waals surface area contributed by atoms with Crippen LogP contribution >= 0.6 is 0 Å². The first-order valence-corrected chi connectivity index (χ1v) is 6.50. The molecule has 20 heavy (non-hydrogen) atoms. The second-order valence-electron chi connectivity index (χ2n) is 4.64.